The van der Waals surface area contributed by atoms with E-state index >= 15 is 0 Å². The molecular weight excluding hydrogens is 699 g/mol. The molecule has 53 heavy (non-hydrogen) atoms. The van der Waals surface area contributed by atoms with Crippen LogP contribution in [0.1, 0.15) is 43.6 Å². The number of aliphatic hydroxyl groups excluding tert-OH is 1. The summed E-state index contributed by atoms with van der Waals surface area (Å²) < 4.78 is 40.9. The van der Waals surface area contributed by atoms with Crippen molar-refractivity contribution in [2.45, 2.75) is 6.92 Å². The van der Waals surface area contributed by atoms with Crippen LogP contribution < -0.4 is 67.5 Å². The number of ketones is 2. The number of carbonyl (C=O) groups excluding carboxylic acids is 3. The molecule has 0 aliphatic rings. The largest absolute Gasteiger partial charge is 1.00 e. The predicted molar refractivity (Wildman–Crippen MR) is 197 cm³/mol. The molecule has 0 atom stereocenters. The Kier molecular flexibility index (Phi) is 26.1. The minimum absolute atomic E-state index is 0. The molecule has 2 N–H and O–H groups in total. The third-order valence-electron chi connectivity index (χ3n) is 6.84. The van der Waals surface area contributed by atoms with E-state index in [1.165, 1.54) is 27.2 Å². The topological polar surface area (TPSA) is 175 Å². The number of hydrogen-bond acceptors (Lipinski definition) is 13. The van der Waals surface area contributed by atoms with Gasteiger partial charge in [-0.3, -0.25) is 14.4 Å². The molecule has 0 spiro atoms. The maximum absolute atomic E-state index is 12.3. The first-order chi connectivity index (χ1) is 24.6. The van der Waals surface area contributed by atoms with Crippen molar-refractivity contribution in [2.75, 3.05) is 64.0 Å². The van der Waals surface area contributed by atoms with Crippen LogP contribution in [0.5, 0.6) is 46.0 Å². The number of carbonyl (C=O) groups is 3. The van der Waals surface area contributed by atoms with Crippen LogP contribution >= 0.6 is 0 Å². The fourth-order valence-electron chi connectivity index (χ4n) is 4.20. The number of benzene rings is 4. The number of rotatable bonds is 13. The summed E-state index contributed by atoms with van der Waals surface area (Å²) in [4.78, 5) is 33.7. The van der Waals surface area contributed by atoms with Crippen LogP contribution in [-0.2, 0) is 0 Å². The second-order valence-corrected chi connectivity index (χ2v) is 9.74. The van der Waals surface area contributed by atoms with Crippen LogP contribution in [0.3, 0.4) is 0 Å². The van der Waals surface area contributed by atoms with E-state index in [-0.39, 0.29) is 46.6 Å². The molecule has 4 aromatic rings. The van der Waals surface area contributed by atoms with E-state index in [1.807, 2.05) is 6.07 Å². The van der Waals surface area contributed by atoms with Crippen molar-refractivity contribution in [3.63, 3.8) is 0 Å². The molecule has 14 heteroatoms. The first-order valence-corrected chi connectivity index (χ1v) is 15.1. The van der Waals surface area contributed by atoms with E-state index in [0.29, 0.717) is 62.7 Å². The number of ether oxygens (including phenoxy) is 8. The zero-order chi connectivity index (χ0) is 38.3. The van der Waals surface area contributed by atoms with E-state index in [0.717, 1.165) is 19.0 Å². The molecule has 13 nitrogen and oxygen atoms in total. The van der Waals surface area contributed by atoms with Crippen LogP contribution in [0, 0.1) is 0 Å². The van der Waals surface area contributed by atoms with E-state index < -0.39 is 0 Å². The third kappa shape index (κ3) is 15.6. The molecule has 0 fully saturated rings. The standard InChI is InChI=1S/C19H20O5.C10H12O3.C9H10O3.CH4O.Na.H2O/c1-21-16-9-6-13(11-18(16)23-3)5-8-15(20)14-7-10-17(22-2)19(12-14)24-4;1-7(11)8-4-5-9(12-2)10(6-8)13-3;1-11-8-4-3-7(6-10)5-9(8)12-2;1-2;;/h5-12H,1-4H3;4-6H,1-3H3;3-6H,1-2H3;2H,1H3;;1H2/q;;;;+1;/p-1/b8-5+;;;;;. The second-order valence-electron chi connectivity index (χ2n) is 9.74. The third-order valence-corrected chi connectivity index (χ3v) is 6.84. The summed E-state index contributed by atoms with van der Waals surface area (Å²) in [5.74, 6) is 4.64. The molecule has 0 amide bonds. The zero-order valence-corrected chi connectivity index (χ0v) is 34.0. The summed E-state index contributed by atoms with van der Waals surface area (Å²) in [6.07, 6.45) is 3.99. The molecule has 0 aliphatic carbocycles. The minimum Gasteiger partial charge on any atom is -0.870 e. The van der Waals surface area contributed by atoms with Crippen LogP contribution in [0.4, 0.5) is 0 Å². The van der Waals surface area contributed by atoms with Crippen molar-refractivity contribution < 1.29 is 92.4 Å². The summed E-state index contributed by atoms with van der Waals surface area (Å²) in [6.45, 7) is 1.52. The molecule has 0 unspecified atom stereocenters. The van der Waals surface area contributed by atoms with Gasteiger partial charge in [0.15, 0.2) is 57.6 Å². The Morgan fingerprint density at radius 2 is 0.811 bits per heavy atom. The molecule has 4 rings (SSSR count). The number of allylic oxidation sites excluding steroid dienone is 1. The Morgan fingerprint density at radius 3 is 1.19 bits per heavy atom. The molecule has 0 aliphatic heterocycles. The van der Waals surface area contributed by atoms with Crippen LogP contribution in [0.2, 0.25) is 0 Å². The maximum Gasteiger partial charge on any atom is 1.00 e. The Bertz CT molecular complexity index is 1740. The van der Waals surface area contributed by atoms with Gasteiger partial charge in [-0.05, 0) is 85.3 Å². The van der Waals surface area contributed by atoms with Crippen LogP contribution in [-0.4, -0.2) is 92.4 Å². The Morgan fingerprint density at radius 1 is 0.491 bits per heavy atom. The van der Waals surface area contributed by atoms with Crippen molar-refractivity contribution in [1.82, 2.24) is 0 Å². The normalized spacial score (nSPS) is 9.26. The second kappa shape index (κ2) is 27.6. The van der Waals surface area contributed by atoms with Crippen molar-refractivity contribution in [3.05, 3.63) is 101 Å². The monoisotopic (exact) mass is 746 g/mol. The van der Waals surface area contributed by atoms with Crippen LogP contribution in [0.25, 0.3) is 6.08 Å². The summed E-state index contributed by atoms with van der Waals surface area (Å²) in [5.41, 5.74) is 2.55. The Balaban J connectivity index is 0. The number of methoxy groups -OCH3 is 8. The minimum atomic E-state index is -0.134. The molecular formula is C39H47NaO13. The van der Waals surface area contributed by atoms with Crippen LogP contribution in [0.15, 0.2) is 78.9 Å². The first-order valence-electron chi connectivity index (χ1n) is 15.1. The number of hydrogen-bond donors (Lipinski definition) is 1. The van der Waals surface area contributed by atoms with Crippen molar-refractivity contribution >= 4 is 23.9 Å². The van der Waals surface area contributed by atoms with E-state index in [9.17, 15) is 14.4 Å². The van der Waals surface area contributed by atoms with Gasteiger partial charge in [0.1, 0.15) is 6.29 Å². The van der Waals surface area contributed by atoms with Gasteiger partial charge in [-0.2, -0.15) is 0 Å². The molecule has 4 aromatic carbocycles. The van der Waals surface area contributed by atoms with Gasteiger partial charge in [0.25, 0.3) is 0 Å². The van der Waals surface area contributed by atoms with Gasteiger partial charge in [0.2, 0.25) is 0 Å². The first kappa shape index (κ1) is 50.1. The van der Waals surface area contributed by atoms with Gasteiger partial charge < -0.3 is 48.5 Å². The van der Waals surface area contributed by atoms with Crippen molar-refractivity contribution in [3.8, 4) is 46.0 Å². The van der Waals surface area contributed by atoms with Gasteiger partial charge in [-0.15, -0.1) is 0 Å². The van der Waals surface area contributed by atoms with Crippen molar-refractivity contribution in [2.24, 2.45) is 0 Å². The zero-order valence-electron chi connectivity index (χ0n) is 32.0. The summed E-state index contributed by atoms with van der Waals surface area (Å²) in [5, 5.41) is 7.00. The Labute approximate surface area is 332 Å². The maximum atomic E-state index is 12.3. The number of Topliss-reactive ketones (excluding diaryl/α,β-unsaturated/α-hetero) is 1. The van der Waals surface area contributed by atoms with Gasteiger partial charge in [-0.1, -0.05) is 12.1 Å². The van der Waals surface area contributed by atoms with E-state index in [1.54, 1.807) is 115 Å². The SMILES string of the molecule is CO.COc1ccc(/C=C/C(=O)c2ccc(OC)c(OC)c2)cc1OC.COc1ccc(C(C)=O)cc1OC.COc1ccc(C=O)cc1OC.[Na+].[OH-]. The Hall–Kier alpha value is -5.05. The molecule has 282 valence electrons. The summed E-state index contributed by atoms with van der Waals surface area (Å²) in [7, 11) is 13.4. The van der Waals surface area contributed by atoms with Crippen molar-refractivity contribution in [1.29, 1.82) is 0 Å². The summed E-state index contributed by atoms with van der Waals surface area (Å²) in [6, 6.07) is 20.6. The predicted octanol–water partition coefficient (Wildman–Crippen LogP) is 3.48. The number of aliphatic hydroxyl groups is 1. The average Bonchev–Trinajstić information content (AvgIpc) is 3.19. The molecule has 0 radical (unpaired) electrons. The van der Waals surface area contributed by atoms with Gasteiger partial charge in [-0.25, -0.2) is 0 Å². The molecule has 0 saturated carbocycles. The number of aldehydes is 1. The molecule has 0 aromatic heterocycles. The molecule has 0 bridgehead atoms. The fraction of sp³-hybridized carbons (Fsp3) is 0.256. The van der Waals surface area contributed by atoms with E-state index in [2.05, 4.69) is 0 Å². The summed E-state index contributed by atoms with van der Waals surface area (Å²) >= 11 is 0. The van der Waals surface area contributed by atoms with E-state index in [4.69, 9.17) is 43.0 Å². The van der Waals surface area contributed by atoms with Gasteiger partial charge in [0, 0.05) is 23.8 Å². The molecule has 0 heterocycles. The smallest absolute Gasteiger partial charge is 0.870 e. The van der Waals surface area contributed by atoms with Gasteiger partial charge >= 0.3 is 29.6 Å². The van der Waals surface area contributed by atoms with Gasteiger partial charge in [0.05, 0.1) is 56.9 Å². The average molecular weight is 747 g/mol. The fourth-order valence-corrected chi connectivity index (χ4v) is 4.20. The quantitative estimate of drug-likeness (QED) is 0.0912. The molecule has 0 saturated heterocycles.